The molecule has 1 atom stereocenters. The fourth-order valence-electron chi connectivity index (χ4n) is 1.56. The van der Waals surface area contributed by atoms with E-state index in [2.05, 4.69) is 15.3 Å². The van der Waals surface area contributed by atoms with Gasteiger partial charge in [0.1, 0.15) is 23.1 Å². The van der Waals surface area contributed by atoms with Crippen LogP contribution in [0.15, 0.2) is 30.6 Å². The van der Waals surface area contributed by atoms with Crippen LogP contribution in [0.4, 0.5) is 10.2 Å². The molecule has 0 aliphatic heterocycles. The lowest BCUT2D eigenvalue weighted by Gasteiger charge is -2.16. The third-order valence-electron chi connectivity index (χ3n) is 2.43. The molecule has 0 fully saturated rings. The number of hydrogen-bond donors (Lipinski definition) is 1. The van der Waals surface area contributed by atoms with Crippen molar-refractivity contribution < 1.29 is 4.39 Å². The van der Waals surface area contributed by atoms with Crippen LogP contribution in [-0.4, -0.2) is 9.97 Å². The third kappa shape index (κ3) is 3.09. The number of nitrogens with zero attached hydrogens (tertiary/aromatic N) is 2. The van der Waals surface area contributed by atoms with E-state index in [4.69, 9.17) is 23.2 Å². The Morgan fingerprint density at radius 2 is 2.00 bits per heavy atom. The van der Waals surface area contributed by atoms with Gasteiger partial charge in [-0.3, -0.25) is 0 Å². The maximum absolute atomic E-state index is 12.9. The van der Waals surface area contributed by atoms with Gasteiger partial charge in [0.15, 0.2) is 0 Å². The molecule has 0 saturated carbocycles. The van der Waals surface area contributed by atoms with Crippen LogP contribution in [-0.2, 0) is 0 Å². The minimum absolute atomic E-state index is 0.121. The monoisotopic (exact) mass is 285 g/mol. The van der Waals surface area contributed by atoms with E-state index in [-0.39, 0.29) is 11.9 Å². The summed E-state index contributed by atoms with van der Waals surface area (Å²) >= 11 is 11.7. The Morgan fingerprint density at radius 1 is 1.22 bits per heavy atom. The van der Waals surface area contributed by atoms with Crippen molar-refractivity contribution >= 4 is 29.0 Å². The highest BCUT2D eigenvalue weighted by atomic mass is 35.5. The number of anilines is 1. The van der Waals surface area contributed by atoms with Gasteiger partial charge in [-0.2, -0.15) is 0 Å². The Morgan fingerprint density at radius 3 is 2.67 bits per heavy atom. The van der Waals surface area contributed by atoms with Crippen LogP contribution >= 0.6 is 23.2 Å². The van der Waals surface area contributed by atoms with E-state index in [1.54, 1.807) is 12.1 Å². The average molecular weight is 286 g/mol. The summed E-state index contributed by atoms with van der Waals surface area (Å²) in [6.07, 6.45) is 1.36. The highest BCUT2D eigenvalue weighted by Crippen LogP contribution is 2.26. The highest BCUT2D eigenvalue weighted by molar-refractivity contribution is 6.31. The van der Waals surface area contributed by atoms with Gasteiger partial charge in [0, 0.05) is 11.1 Å². The van der Waals surface area contributed by atoms with E-state index in [1.807, 2.05) is 6.92 Å². The first kappa shape index (κ1) is 13.1. The normalized spacial score (nSPS) is 12.2. The van der Waals surface area contributed by atoms with Gasteiger partial charge in [0.2, 0.25) is 0 Å². The van der Waals surface area contributed by atoms with E-state index in [0.29, 0.717) is 16.0 Å². The van der Waals surface area contributed by atoms with Crippen LogP contribution in [0.2, 0.25) is 10.2 Å². The van der Waals surface area contributed by atoms with Crippen molar-refractivity contribution in [3.63, 3.8) is 0 Å². The molecular formula is C12H10Cl2FN3. The SMILES string of the molecule is CC(Nc1cc(Cl)ncn1)c1ccc(F)cc1Cl. The number of benzene rings is 1. The van der Waals surface area contributed by atoms with Crippen molar-refractivity contribution in [2.24, 2.45) is 0 Å². The van der Waals surface area contributed by atoms with Gasteiger partial charge in [-0.1, -0.05) is 29.3 Å². The second kappa shape index (κ2) is 5.50. The van der Waals surface area contributed by atoms with Crippen LogP contribution in [0.25, 0.3) is 0 Å². The molecule has 1 aromatic heterocycles. The van der Waals surface area contributed by atoms with Crippen molar-refractivity contribution in [1.82, 2.24) is 9.97 Å². The molecule has 0 amide bonds. The van der Waals surface area contributed by atoms with Gasteiger partial charge in [-0.15, -0.1) is 0 Å². The molecule has 18 heavy (non-hydrogen) atoms. The van der Waals surface area contributed by atoms with Gasteiger partial charge in [0.25, 0.3) is 0 Å². The zero-order valence-corrected chi connectivity index (χ0v) is 11.0. The van der Waals surface area contributed by atoms with Crippen molar-refractivity contribution in [2.45, 2.75) is 13.0 Å². The van der Waals surface area contributed by atoms with Crippen LogP contribution in [0.3, 0.4) is 0 Å². The van der Waals surface area contributed by atoms with Crippen molar-refractivity contribution in [3.05, 3.63) is 52.1 Å². The van der Waals surface area contributed by atoms with Crippen LogP contribution in [0.1, 0.15) is 18.5 Å². The molecule has 0 aliphatic rings. The lowest BCUT2D eigenvalue weighted by molar-refractivity contribution is 0.626. The van der Waals surface area contributed by atoms with E-state index in [0.717, 1.165) is 5.56 Å². The van der Waals surface area contributed by atoms with Crippen LogP contribution in [0.5, 0.6) is 0 Å². The zero-order chi connectivity index (χ0) is 13.1. The number of aromatic nitrogens is 2. The Kier molecular flexibility index (Phi) is 3.99. The predicted molar refractivity (Wildman–Crippen MR) is 70.5 cm³/mol. The molecule has 1 aromatic carbocycles. The molecule has 6 heteroatoms. The van der Waals surface area contributed by atoms with Gasteiger partial charge in [0.05, 0.1) is 6.04 Å². The van der Waals surface area contributed by atoms with Crippen LogP contribution in [0, 0.1) is 5.82 Å². The summed E-state index contributed by atoms with van der Waals surface area (Å²) in [7, 11) is 0. The van der Waals surface area contributed by atoms with E-state index in [9.17, 15) is 4.39 Å². The number of rotatable bonds is 3. The summed E-state index contributed by atoms with van der Waals surface area (Å²) < 4.78 is 12.9. The van der Waals surface area contributed by atoms with Gasteiger partial charge in [-0.05, 0) is 24.6 Å². The van der Waals surface area contributed by atoms with Crippen molar-refractivity contribution in [1.29, 1.82) is 0 Å². The summed E-state index contributed by atoms with van der Waals surface area (Å²) in [6.45, 7) is 1.90. The van der Waals surface area contributed by atoms with Crippen LogP contribution < -0.4 is 5.32 Å². The lowest BCUT2D eigenvalue weighted by atomic mass is 10.1. The summed E-state index contributed by atoms with van der Waals surface area (Å²) in [4.78, 5) is 7.82. The Bertz CT molecular complexity index is 563. The molecule has 94 valence electrons. The number of halogens is 3. The van der Waals surface area contributed by atoms with Crippen molar-refractivity contribution in [3.8, 4) is 0 Å². The van der Waals surface area contributed by atoms with Crippen molar-refractivity contribution in [2.75, 3.05) is 5.32 Å². The molecule has 2 rings (SSSR count). The first-order chi connectivity index (χ1) is 8.56. The predicted octanol–water partition coefficient (Wildman–Crippen LogP) is 4.10. The molecule has 0 aliphatic carbocycles. The number of hydrogen-bond acceptors (Lipinski definition) is 3. The molecule has 3 nitrogen and oxygen atoms in total. The maximum Gasteiger partial charge on any atom is 0.134 e. The summed E-state index contributed by atoms with van der Waals surface area (Å²) in [6, 6.07) is 5.77. The first-order valence-corrected chi connectivity index (χ1v) is 6.01. The summed E-state index contributed by atoms with van der Waals surface area (Å²) in [5, 5.41) is 3.84. The fourth-order valence-corrected chi connectivity index (χ4v) is 2.04. The van der Waals surface area contributed by atoms with E-state index < -0.39 is 0 Å². The topological polar surface area (TPSA) is 37.8 Å². The Balaban J connectivity index is 2.19. The maximum atomic E-state index is 12.9. The molecule has 0 saturated heterocycles. The molecular weight excluding hydrogens is 276 g/mol. The van der Waals surface area contributed by atoms with E-state index in [1.165, 1.54) is 18.5 Å². The largest absolute Gasteiger partial charge is 0.363 e. The Hall–Kier alpha value is -1.39. The lowest BCUT2D eigenvalue weighted by Crippen LogP contribution is -2.08. The third-order valence-corrected chi connectivity index (χ3v) is 2.96. The molecule has 1 heterocycles. The molecule has 0 radical (unpaired) electrons. The Labute approximate surface area is 114 Å². The zero-order valence-electron chi connectivity index (χ0n) is 9.49. The minimum Gasteiger partial charge on any atom is -0.363 e. The molecule has 1 unspecified atom stereocenters. The van der Waals surface area contributed by atoms with Gasteiger partial charge < -0.3 is 5.32 Å². The molecule has 2 aromatic rings. The minimum atomic E-state index is -0.360. The second-order valence-corrected chi connectivity index (χ2v) is 4.55. The highest BCUT2D eigenvalue weighted by Gasteiger charge is 2.11. The second-order valence-electron chi connectivity index (χ2n) is 3.76. The molecule has 0 bridgehead atoms. The quantitative estimate of drug-likeness (QED) is 0.863. The summed E-state index contributed by atoms with van der Waals surface area (Å²) in [5.41, 5.74) is 0.785. The van der Waals surface area contributed by atoms with Gasteiger partial charge in [-0.25, -0.2) is 14.4 Å². The number of nitrogens with one attached hydrogen (secondary N) is 1. The average Bonchev–Trinajstić information content (AvgIpc) is 2.28. The van der Waals surface area contributed by atoms with Gasteiger partial charge >= 0.3 is 0 Å². The summed E-state index contributed by atoms with van der Waals surface area (Å²) in [5.74, 6) is 0.226. The first-order valence-electron chi connectivity index (χ1n) is 5.25. The van der Waals surface area contributed by atoms with E-state index >= 15 is 0 Å². The smallest absolute Gasteiger partial charge is 0.134 e. The fraction of sp³-hybridized carbons (Fsp3) is 0.167. The molecule has 1 N–H and O–H groups in total. The standard InChI is InChI=1S/C12H10Cl2FN3/c1-7(9-3-2-8(15)4-10(9)13)18-12-5-11(14)16-6-17-12/h2-7H,1H3,(H,16,17,18). The molecule has 0 spiro atoms.